The van der Waals surface area contributed by atoms with Gasteiger partial charge in [-0.25, -0.2) is 0 Å². The van der Waals surface area contributed by atoms with Gasteiger partial charge in [-0.3, -0.25) is 4.79 Å². The molecule has 0 aliphatic carbocycles. The summed E-state index contributed by atoms with van der Waals surface area (Å²) in [5.41, 5.74) is 4.09. The molecular weight excluding hydrogens is 227 g/mol. The van der Waals surface area contributed by atoms with Crippen molar-refractivity contribution in [2.24, 2.45) is 5.73 Å². The zero-order chi connectivity index (χ0) is 12.8. The van der Waals surface area contributed by atoms with E-state index in [4.69, 9.17) is 10.8 Å². The molecule has 1 atom stereocenters. The van der Waals surface area contributed by atoms with E-state index in [1.54, 1.807) is 0 Å². The van der Waals surface area contributed by atoms with Crippen LogP contribution in [0.5, 0.6) is 0 Å². The van der Waals surface area contributed by atoms with Crippen LogP contribution in [-0.4, -0.2) is 36.0 Å². The number of hydrogen-bond acceptors (Lipinski definition) is 3. The van der Waals surface area contributed by atoms with Crippen LogP contribution in [0.15, 0.2) is 0 Å². The van der Waals surface area contributed by atoms with Gasteiger partial charge in [0.05, 0.1) is 0 Å². The number of rotatable bonds is 7. The average Bonchev–Trinajstić information content (AvgIpc) is 2.09. The Morgan fingerprint density at radius 1 is 1.38 bits per heavy atom. The van der Waals surface area contributed by atoms with E-state index in [1.807, 2.05) is 0 Å². The van der Waals surface area contributed by atoms with Gasteiger partial charge < -0.3 is 15.6 Å². The van der Waals surface area contributed by atoms with Gasteiger partial charge in [-0.15, -0.1) is 0 Å². The van der Waals surface area contributed by atoms with Crippen molar-refractivity contribution >= 4 is 5.97 Å². The van der Waals surface area contributed by atoms with Crippen molar-refractivity contribution in [3.8, 4) is 0 Å². The third-order valence-corrected chi connectivity index (χ3v) is 1.99. The molecule has 0 aromatic heterocycles. The Morgan fingerprint density at radius 2 is 1.94 bits per heavy atom. The van der Waals surface area contributed by atoms with Gasteiger partial charge in [0.25, 0.3) is 0 Å². The number of carboxylic acid groups (broad SMARTS) is 1. The van der Waals surface area contributed by atoms with Crippen LogP contribution in [0.3, 0.4) is 0 Å². The summed E-state index contributed by atoms with van der Waals surface area (Å²) in [6.07, 6.45) is -3.34. The summed E-state index contributed by atoms with van der Waals surface area (Å²) >= 11 is 0. The van der Waals surface area contributed by atoms with Crippen molar-refractivity contribution in [3.05, 3.63) is 0 Å². The molecule has 0 radical (unpaired) electrons. The lowest BCUT2D eigenvalue weighted by molar-refractivity contribution is -0.174. The quantitative estimate of drug-likeness (QED) is 0.665. The van der Waals surface area contributed by atoms with Crippen LogP contribution >= 0.6 is 0 Å². The van der Waals surface area contributed by atoms with Gasteiger partial charge in [-0.2, -0.15) is 13.2 Å². The topological polar surface area (TPSA) is 72.5 Å². The van der Waals surface area contributed by atoms with Crippen LogP contribution in [0.4, 0.5) is 13.2 Å². The Kier molecular flexibility index (Phi) is 5.74. The number of alkyl halides is 3. The second-order valence-corrected chi connectivity index (χ2v) is 3.85. The van der Waals surface area contributed by atoms with E-state index in [9.17, 15) is 18.0 Å². The van der Waals surface area contributed by atoms with Crippen LogP contribution in [-0.2, 0) is 9.53 Å². The molecule has 0 spiro atoms. The first-order valence-corrected chi connectivity index (χ1v) is 4.82. The second kappa shape index (κ2) is 6.05. The molecule has 0 bridgehead atoms. The number of hydrogen-bond donors (Lipinski definition) is 2. The van der Waals surface area contributed by atoms with E-state index in [2.05, 4.69) is 4.74 Å². The smallest absolute Gasteiger partial charge is 0.411 e. The van der Waals surface area contributed by atoms with Gasteiger partial charge in [0.15, 0.2) is 0 Å². The first kappa shape index (κ1) is 15.2. The maximum absolute atomic E-state index is 11.6. The van der Waals surface area contributed by atoms with Gasteiger partial charge in [0.1, 0.15) is 12.1 Å². The molecular formula is C9H16F3NO3. The normalized spacial score (nSPS) is 15.8. The third kappa shape index (κ3) is 7.47. The molecule has 0 rings (SSSR count). The lowest BCUT2D eigenvalue weighted by atomic mass is 9.97. The van der Waals surface area contributed by atoms with Gasteiger partial charge in [0.2, 0.25) is 0 Å². The molecule has 0 saturated carbocycles. The molecule has 16 heavy (non-hydrogen) atoms. The van der Waals surface area contributed by atoms with Crippen molar-refractivity contribution in [2.45, 2.75) is 37.9 Å². The highest BCUT2D eigenvalue weighted by atomic mass is 19.4. The highest BCUT2D eigenvalue weighted by Gasteiger charge is 2.28. The summed E-state index contributed by atoms with van der Waals surface area (Å²) in [6.45, 7) is 0.0485. The number of unbranched alkanes of at least 4 members (excludes halogenated alkanes) is 1. The van der Waals surface area contributed by atoms with Gasteiger partial charge in [0, 0.05) is 6.61 Å². The number of ether oxygens (including phenoxy) is 1. The van der Waals surface area contributed by atoms with Crippen molar-refractivity contribution in [3.63, 3.8) is 0 Å². The fraction of sp³-hybridized carbons (Fsp3) is 0.889. The number of carboxylic acids is 1. The number of aliphatic carboxylic acids is 1. The minimum absolute atomic E-state index is 0.0464. The lowest BCUT2D eigenvalue weighted by Crippen LogP contribution is -2.44. The zero-order valence-corrected chi connectivity index (χ0v) is 9.01. The molecule has 0 aromatic carbocycles. The van der Waals surface area contributed by atoms with Gasteiger partial charge in [-0.1, -0.05) is 0 Å². The molecule has 3 N–H and O–H groups in total. The van der Waals surface area contributed by atoms with Crippen LogP contribution in [0.25, 0.3) is 0 Å². The molecule has 7 heteroatoms. The third-order valence-electron chi connectivity index (χ3n) is 1.99. The second-order valence-electron chi connectivity index (χ2n) is 3.85. The monoisotopic (exact) mass is 243 g/mol. The highest BCUT2D eigenvalue weighted by Crippen LogP contribution is 2.15. The summed E-state index contributed by atoms with van der Waals surface area (Å²) in [4.78, 5) is 10.6. The summed E-state index contributed by atoms with van der Waals surface area (Å²) in [5.74, 6) is -1.12. The van der Waals surface area contributed by atoms with Crippen molar-refractivity contribution in [2.75, 3.05) is 13.2 Å². The maximum Gasteiger partial charge on any atom is 0.411 e. The fourth-order valence-electron chi connectivity index (χ4n) is 0.991. The van der Waals surface area contributed by atoms with Crippen LogP contribution in [0, 0.1) is 0 Å². The molecule has 0 aromatic rings. The summed E-state index contributed by atoms with van der Waals surface area (Å²) in [5, 5.41) is 8.65. The summed E-state index contributed by atoms with van der Waals surface area (Å²) in [6, 6.07) is 0. The molecule has 0 amide bonds. The van der Waals surface area contributed by atoms with Crippen LogP contribution in [0.1, 0.15) is 26.2 Å². The SMILES string of the molecule is CC(N)(CCCCOCC(F)(F)F)C(=O)O. The highest BCUT2D eigenvalue weighted by molar-refractivity contribution is 5.77. The number of carbonyl (C=O) groups is 1. The summed E-state index contributed by atoms with van der Waals surface area (Å²) < 4.78 is 39.3. The minimum atomic E-state index is -4.32. The van der Waals surface area contributed by atoms with E-state index >= 15 is 0 Å². The van der Waals surface area contributed by atoms with Gasteiger partial charge >= 0.3 is 12.1 Å². The molecule has 0 heterocycles. The average molecular weight is 243 g/mol. The molecule has 0 aliphatic rings. The zero-order valence-electron chi connectivity index (χ0n) is 9.01. The Hall–Kier alpha value is -0.820. The number of halogens is 3. The van der Waals surface area contributed by atoms with E-state index in [-0.39, 0.29) is 13.0 Å². The van der Waals surface area contributed by atoms with E-state index in [0.717, 1.165) is 0 Å². The van der Waals surface area contributed by atoms with Crippen molar-refractivity contribution < 1.29 is 27.8 Å². The Morgan fingerprint density at radius 3 is 2.38 bits per heavy atom. The standard InChI is InChI=1S/C9H16F3NO3/c1-8(13,7(14)15)4-2-3-5-16-6-9(10,11)12/h2-6,13H2,1H3,(H,14,15). The van der Waals surface area contributed by atoms with Crippen molar-refractivity contribution in [1.82, 2.24) is 0 Å². The molecule has 96 valence electrons. The van der Waals surface area contributed by atoms with E-state index < -0.39 is 24.3 Å². The predicted molar refractivity (Wildman–Crippen MR) is 51.0 cm³/mol. The Labute approximate surface area is 91.6 Å². The first-order chi connectivity index (χ1) is 7.15. The van der Waals surface area contributed by atoms with Crippen LogP contribution in [0.2, 0.25) is 0 Å². The predicted octanol–water partition coefficient (Wildman–Crippen LogP) is 1.54. The molecule has 0 fully saturated rings. The molecule has 1 unspecified atom stereocenters. The maximum atomic E-state index is 11.6. The van der Waals surface area contributed by atoms with Crippen LogP contribution < -0.4 is 5.73 Å². The van der Waals surface area contributed by atoms with E-state index in [0.29, 0.717) is 12.8 Å². The largest absolute Gasteiger partial charge is 0.480 e. The molecule has 4 nitrogen and oxygen atoms in total. The molecule has 0 saturated heterocycles. The molecule has 0 aliphatic heterocycles. The van der Waals surface area contributed by atoms with Crippen molar-refractivity contribution in [1.29, 1.82) is 0 Å². The number of nitrogens with two attached hydrogens (primary N) is 1. The Balaban J connectivity index is 3.52. The van der Waals surface area contributed by atoms with Gasteiger partial charge in [-0.05, 0) is 26.2 Å². The van der Waals surface area contributed by atoms with E-state index in [1.165, 1.54) is 6.92 Å². The first-order valence-electron chi connectivity index (χ1n) is 4.82. The fourth-order valence-corrected chi connectivity index (χ4v) is 0.991. The summed E-state index contributed by atoms with van der Waals surface area (Å²) in [7, 11) is 0. The Bertz CT molecular complexity index is 229. The lowest BCUT2D eigenvalue weighted by Gasteiger charge is -2.18. The minimum Gasteiger partial charge on any atom is -0.480 e.